The first-order valence-corrected chi connectivity index (χ1v) is 9.08. The molecule has 0 unspecified atom stereocenters. The van der Waals surface area contributed by atoms with Crippen LogP contribution in [-0.4, -0.2) is 44.3 Å². The van der Waals surface area contributed by atoms with Crippen LogP contribution in [-0.2, 0) is 28.0 Å². The second-order valence-corrected chi connectivity index (χ2v) is 6.96. The van der Waals surface area contributed by atoms with Gasteiger partial charge in [0.1, 0.15) is 29.1 Å². The molecule has 0 aliphatic carbocycles. The number of ether oxygens (including phenoxy) is 2. The zero-order valence-electron chi connectivity index (χ0n) is 14.7. The summed E-state index contributed by atoms with van der Waals surface area (Å²) < 4.78 is 12.0. The first-order chi connectivity index (χ1) is 13.1. The molecule has 27 heavy (non-hydrogen) atoms. The predicted molar refractivity (Wildman–Crippen MR) is 98.1 cm³/mol. The highest BCUT2D eigenvalue weighted by molar-refractivity contribution is 8.03. The minimum absolute atomic E-state index is 0.125. The van der Waals surface area contributed by atoms with Gasteiger partial charge in [-0.2, -0.15) is 0 Å². The van der Waals surface area contributed by atoms with Gasteiger partial charge in [0, 0.05) is 12.5 Å². The number of carbonyl (C=O) groups is 2. The van der Waals surface area contributed by atoms with E-state index in [1.807, 2.05) is 12.1 Å². The quantitative estimate of drug-likeness (QED) is 0.441. The van der Waals surface area contributed by atoms with E-state index in [-0.39, 0.29) is 23.6 Å². The largest absolute Gasteiger partial charge is 0.497 e. The van der Waals surface area contributed by atoms with Crippen molar-refractivity contribution in [2.45, 2.75) is 12.0 Å². The SMILES string of the molecule is COc1ccc(COC(=O)C2=CS[C@@H]3/C(=C\c4cn(C)nn4)C(=O)N23)cc1. The average Bonchev–Trinajstić information content (AvgIpc) is 3.28. The van der Waals surface area contributed by atoms with E-state index in [2.05, 4.69) is 10.3 Å². The number of hydrogen-bond donors (Lipinski definition) is 0. The number of aryl methyl sites for hydroxylation is 1. The minimum Gasteiger partial charge on any atom is -0.497 e. The number of methoxy groups -OCH3 is 1. The first kappa shape index (κ1) is 17.3. The summed E-state index contributed by atoms with van der Waals surface area (Å²) in [6, 6.07) is 7.24. The number of benzene rings is 1. The third-order valence-corrected chi connectivity index (χ3v) is 5.28. The van der Waals surface area contributed by atoms with Crippen LogP contribution in [0.3, 0.4) is 0 Å². The van der Waals surface area contributed by atoms with Crippen molar-refractivity contribution >= 4 is 29.7 Å². The zero-order valence-corrected chi connectivity index (χ0v) is 15.5. The molecule has 1 aromatic heterocycles. The fourth-order valence-corrected chi connectivity index (χ4v) is 3.91. The summed E-state index contributed by atoms with van der Waals surface area (Å²) in [5.74, 6) is -0.00700. The van der Waals surface area contributed by atoms with Gasteiger partial charge in [-0.25, -0.2) is 4.79 Å². The number of aromatic nitrogens is 3. The molecule has 2 aromatic rings. The summed E-state index contributed by atoms with van der Waals surface area (Å²) in [5.41, 5.74) is 2.30. The van der Waals surface area contributed by atoms with Crippen LogP contribution in [0.1, 0.15) is 11.3 Å². The maximum Gasteiger partial charge on any atom is 0.355 e. The van der Waals surface area contributed by atoms with Crippen LogP contribution in [0.5, 0.6) is 5.75 Å². The molecule has 0 saturated carbocycles. The van der Waals surface area contributed by atoms with E-state index in [9.17, 15) is 9.59 Å². The zero-order chi connectivity index (χ0) is 19.0. The molecule has 9 heteroatoms. The molecular formula is C18H16N4O4S. The molecule has 8 nitrogen and oxygen atoms in total. The van der Waals surface area contributed by atoms with E-state index < -0.39 is 5.97 Å². The first-order valence-electron chi connectivity index (χ1n) is 8.14. The Bertz CT molecular complexity index is 964. The topological polar surface area (TPSA) is 86.5 Å². The van der Waals surface area contributed by atoms with Crippen molar-refractivity contribution in [3.8, 4) is 5.75 Å². The molecule has 1 aromatic carbocycles. The van der Waals surface area contributed by atoms with E-state index in [0.717, 1.165) is 11.3 Å². The van der Waals surface area contributed by atoms with E-state index in [1.54, 1.807) is 48.7 Å². The third kappa shape index (κ3) is 3.21. The average molecular weight is 384 g/mol. The Balaban J connectivity index is 1.39. The summed E-state index contributed by atoms with van der Waals surface area (Å²) in [4.78, 5) is 26.3. The minimum atomic E-state index is -0.521. The summed E-state index contributed by atoms with van der Waals surface area (Å²) in [6.45, 7) is 0.125. The molecule has 1 fully saturated rings. The number of thioether (sulfide) groups is 1. The Hall–Kier alpha value is -3.07. The van der Waals surface area contributed by atoms with Gasteiger partial charge in [0.05, 0.1) is 18.9 Å². The van der Waals surface area contributed by atoms with E-state index in [4.69, 9.17) is 9.47 Å². The molecule has 2 aliphatic rings. The maximum atomic E-state index is 12.4. The van der Waals surface area contributed by atoms with Gasteiger partial charge in [0.2, 0.25) is 0 Å². The van der Waals surface area contributed by atoms with Gasteiger partial charge in [-0.15, -0.1) is 16.9 Å². The second-order valence-electron chi connectivity index (χ2n) is 6.01. The Morgan fingerprint density at radius 3 is 2.78 bits per heavy atom. The molecule has 138 valence electrons. The van der Waals surface area contributed by atoms with Crippen LogP contribution in [0.25, 0.3) is 6.08 Å². The highest BCUT2D eigenvalue weighted by atomic mass is 32.2. The molecule has 4 rings (SSSR count). The number of esters is 1. The van der Waals surface area contributed by atoms with Crippen molar-refractivity contribution < 1.29 is 19.1 Å². The maximum absolute atomic E-state index is 12.4. The number of rotatable bonds is 5. The van der Waals surface area contributed by atoms with Gasteiger partial charge in [0.15, 0.2) is 0 Å². The molecule has 1 saturated heterocycles. The summed E-state index contributed by atoms with van der Waals surface area (Å²) in [7, 11) is 3.35. The second kappa shape index (κ2) is 6.92. The van der Waals surface area contributed by atoms with E-state index in [1.165, 1.54) is 16.7 Å². The van der Waals surface area contributed by atoms with Crippen molar-refractivity contribution in [3.05, 3.63) is 58.4 Å². The molecule has 0 spiro atoms. The van der Waals surface area contributed by atoms with Crippen molar-refractivity contribution in [3.63, 3.8) is 0 Å². The number of nitrogens with zero attached hydrogens (tertiary/aromatic N) is 4. The molecule has 0 N–H and O–H groups in total. The molecule has 1 atom stereocenters. The van der Waals surface area contributed by atoms with Crippen LogP contribution >= 0.6 is 11.8 Å². The van der Waals surface area contributed by atoms with Crippen LogP contribution in [0.4, 0.5) is 0 Å². The third-order valence-electron chi connectivity index (χ3n) is 4.20. The highest BCUT2D eigenvalue weighted by Gasteiger charge is 2.49. The fraction of sp³-hybridized carbons (Fsp3) is 0.222. The number of amides is 1. The Morgan fingerprint density at radius 1 is 1.33 bits per heavy atom. The lowest BCUT2D eigenvalue weighted by Gasteiger charge is -2.37. The van der Waals surface area contributed by atoms with Gasteiger partial charge < -0.3 is 9.47 Å². The van der Waals surface area contributed by atoms with Gasteiger partial charge >= 0.3 is 5.97 Å². The molecule has 0 radical (unpaired) electrons. The predicted octanol–water partition coefficient (Wildman–Crippen LogP) is 1.71. The van der Waals surface area contributed by atoms with E-state index in [0.29, 0.717) is 11.3 Å². The molecule has 0 bridgehead atoms. The lowest BCUT2D eigenvalue weighted by Crippen LogP contribution is -2.51. The normalized spacial score (nSPS) is 19.6. The molecular weight excluding hydrogens is 368 g/mol. The number of carbonyl (C=O) groups excluding carboxylic acids is 2. The van der Waals surface area contributed by atoms with Gasteiger partial charge in [-0.3, -0.25) is 14.4 Å². The van der Waals surface area contributed by atoms with Crippen LogP contribution in [0.15, 0.2) is 47.1 Å². The highest BCUT2D eigenvalue weighted by Crippen LogP contribution is 2.45. The van der Waals surface area contributed by atoms with Crippen molar-refractivity contribution in [2.75, 3.05) is 7.11 Å². The lowest BCUT2D eigenvalue weighted by atomic mass is 10.0. The van der Waals surface area contributed by atoms with Crippen LogP contribution < -0.4 is 4.74 Å². The van der Waals surface area contributed by atoms with Crippen LogP contribution in [0.2, 0.25) is 0 Å². The summed E-state index contributed by atoms with van der Waals surface area (Å²) >= 11 is 1.40. The number of hydrogen-bond acceptors (Lipinski definition) is 7. The summed E-state index contributed by atoms with van der Waals surface area (Å²) in [6.07, 6.45) is 3.42. The Labute approximate surface area is 159 Å². The Morgan fingerprint density at radius 2 is 2.11 bits per heavy atom. The monoisotopic (exact) mass is 384 g/mol. The smallest absolute Gasteiger partial charge is 0.355 e. The summed E-state index contributed by atoms with van der Waals surface area (Å²) in [5, 5.41) is 9.24. The molecule has 2 aliphatic heterocycles. The molecule has 1 amide bonds. The van der Waals surface area contributed by atoms with Crippen molar-refractivity contribution in [1.29, 1.82) is 0 Å². The molecule has 3 heterocycles. The number of fused-ring (bicyclic) bond motifs is 1. The van der Waals surface area contributed by atoms with Gasteiger partial charge in [0.25, 0.3) is 5.91 Å². The van der Waals surface area contributed by atoms with Crippen molar-refractivity contribution in [1.82, 2.24) is 19.9 Å². The van der Waals surface area contributed by atoms with Gasteiger partial charge in [-0.05, 0) is 23.8 Å². The van der Waals surface area contributed by atoms with Gasteiger partial charge in [-0.1, -0.05) is 17.3 Å². The van der Waals surface area contributed by atoms with Crippen molar-refractivity contribution in [2.24, 2.45) is 7.05 Å². The Kier molecular flexibility index (Phi) is 4.44. The van der Waals surface area contributed by atoms with E-state index >= 15 is 0 Å². The standard InChI is InChI=1S/C18H16N4O4S/c1-21-8-12(19-20-21)7-14-16(23)22-15(10-27-17(14)22)18(24)26-9-11-3-5-13(25-2)6-4-11/h3-8,10,17H,9H2,1-2H3/b14-7-/t17-/m1/s1. The lowest BCUT2D eigenvalue weighted by molar-refractivity contribution is -0.146. The van der Waals surface area contributed by atoms with Crippen LogP contribution in [0, 0.1) is 0 Å². The number of β-lactam (4-membered cyclic amide) rings is 1. The fourth-order valence-electron chi connectivity index (χ4n) is 2.79.